The molecule has 1 rings (SSSR count). The summed E-state index contributed by atoms with van der Waals surface area (Å²) < 4.78 is 0. The lowest BCUT2D eigenvalue weighted by Crippen LogP contribution is -2.23. The fraction of sp³-hybridized carbons (Fsp3) is 0.750. The Morgan fingerprint density at radius 3 is 2.05 bits per heavy atom. The van der Waals surface area contributed by atoms with Crippen LogP contribution in [0.2, 0.25) is 0 Å². The van der Waals surface area contributed by atoms with Crippen molar-refractivity contribution in [1.82, 2.24) is 15.3 Å². The van der Waals surface area contributed by atoms with Crippen molar-refractivity contribution in [2.45, 2.75) is 60.3 Å². The molecule has 1 N–H and O–H groups in total. The van der Waals surface area contributed by atoms with Crippen molar-refractivity contribution in [3.63, 3.8) is 0 Å². The zero-order chi connectivity index (χ0) is 14.6. The van der Waals surface area contributed by atoms with Crippen molar-refractivity contribution in [2.75, 3.05) is 13.1 Å². The van der Waals surface area contributed by atoms with Gasteiger partial charge >= 0.3 is 0 Å². The van der Waals surface area contributed by atoms with Gasteiger partial charge in [0.15, 0.2) is 0 Å². The fourth-order valence-electron chi connectivity index (χ4n) is 2.18. The van der Waals surface area contributed by atoms with Gasteiger partial charge in [0.1, 0.15) is 5.82 Å². The molecule has 3 nitrogen and oxygen atoms in total. The Morgan fingerprint density at radius 1 is 1.11 bits per heavy atom. The average molecular weight is 263 g/mol. The molecule has 1 aromatic rings. The third-order valence-electron chi connectivity index (χ3n) is 3.39. The van der Waals surface area contributed by atoms with Gasteiger partial charge in [-0.3, -0.25) is 0 Å². The maximum Gasteiger partial charge on any atom is 0.134 e. The first-order chi connectivity index (χ1) is 8.75. The minimum absolute atomic E-state index is 0.0173. The van der Waals surface area contributed by atoms with E-state index in [9.17, 15) is 0 Å². The Morgan fingerprint density at radius 2 is 1.63 bits per heavy atom. The first-order valence-electron chi connectivity index (χ1n) is 7.31. The third kappa shape index (κ3) is 4.57. The van der Waals surface area contributed by atoms with Crippen LogP contribution in [-0.4, -0.2) is 23.1 Å². The second kappa shape index (κ2) is 6.47. The summed E-state index contributed by atoms with van der Waals surface area (Å²) in [5, 5.41) is 3.40. The normalized spacial score (nSPS) is 13.6. The van der Waals surface area contributed by atoms with Gasteiger partial charge in [-0.25, -0.2) is 9.97 Å². The minimum Gasteiger partial charge on any atom is -0.317 e. The maximum atomic E-state index is 4.71. The molecular formula is C16H29N3. The smallest absolute Gasteiger partial charge is 0.134 e. The van der Waals surface area contributed by atoms with Gasteiger partial charge in [0, 0.05) is 16.8 Å². The predicted octanol–water partition coefficient (Wildman–Crippen LogP) is 3.18. The standard InChI is InChI=1S/C16H29N3/c1-8-17-10-11(2)9-14-12(3)18-15(16(5,6)7)19-13(14)4/h11,17H,8-10H2,1-7H3. The van der Waals surface area contributed by atoms with E-state index < -0.39 is 0 Å². The van der Waals surface area contributed by atoms with Crippen molar-refractivity contribution in [3.05, 3.63) is 22.8 Å². The molecular weight excluding hydrogens is 234 g/mol. The molecule has 0 spiro atoms. The Hall–Kier alpha value is -0.960. The van der Waals surface area contributed by atoms with Crippen molar-refractivity contribution in [1.29, 1.82) is 0 Å². The SMILES string of the molecule is CCNCC(C)Cc1c(C)nc(C(C)(C)C)nc1C. The van der Waals surface area contributed by atoms with Gasteiger partial charge in [-0.15, -0.1) is 0 Å². The van der Waals surface area contributed by atoms with E-state index in [2.05, 4.69) is 53.8 Å². The number of nitrogens with zero attached hydrogens (tertiary/aromatic N) is 2. The summed E-state index contributed by atoms with van der Waals surface area (Å²) in [6, 6.07) is 0. The molecule has 0 saturated carbocycles. The summed E-state index contributed by atoms with van der Waals surface area (Å²) >= 11 is 0. The molecule has 1 unspecified atom stereocenters. The van der Waals surface area contributed by atoms with Crippen LogP contribution in [0.5, 0.6) is 0 Å². The third-order valence-corrected chi connectivity index (χ3v) is 3.39. The highest BCUT2D eigenvalue weighted by Gasteiger charge is 2.20. The number of hydrogen-bond donors (Lipinski definition) is 1. The monoisotopic (exact) mass is 263 g/mol. The Kier molecular flexibility index (Phi) is 5.48. The molecule has 0 aromatic carbocycles. The van der Waals surface area contributed by atoms with Crippen LogP contribution in [0.25, 0.3) is 0 Å². The number of aromatic nitrogens is 2. The Bertz CT molecular complexity index is 395. The molecule has 19 heavy (non-hydrogen) atoms. The van der Waals surface area contributed by atoms with Crippen LogP contribution in [0.15, 0.2) is 0 Å². The molecule has 0 amide bonds. The molecule has 0 radical (unpaired) electrons. The molecule has 1 heterocycles. The van der Waals surface area contributed by atoms with E-state index in [0.29, 0.717) is 5.92 Å². The lowest BCUT2D eigenvalue weighted by molar-refractivity contribution is 0.509. The molecule has 0 aliphatic rings. The minimum atomic E-state index is 0.0173. The van der Waals surface area contributed by atoms with Crippen LogP contribution in [0.1, 0.15) is 57.4 Å². The number of rotatable bonds is 5. The summed E-state index contributed by atoms with van der Waals surface area (Å²) in [7, 11) is 0. The van der Waals surface area contributed by atoms with E-state index >= 15 is 0 Å². The van der Waals surface area contributed by atoms with E-state index in [4.69, 9.17) is 9.97 Å². The van der Waals surface area contributed by atoms with Crippen LogP contribution in [-0.2, 0) is 11.8 Å². The first-order valence-corrected chi connectivity index (χ1v) is 7.31. The van der Waals surface area contributed by atoms with E-state index in [1.807, 2.05) is 0 Å². The summed E-state index contributed by atoms with van der Waals surface area (Å²) in [5.41, 5.74) is 3.61. The van der Waals surface area contributed by atoms with Crippen molar-refractivity contribution >= 4 is 0 Å². The van der Waals surface area contributed by atoms with Gasteiger partial charge in [0.2, 0.25) is 0 Å². The molecule has 0 bridgehead atoms. The van der Waals surface area contributed by atoms with Gasteiger partial charge in [0.25, 0.3) is 0 Å². The van der Waals surface area contributed by atoms with Crippen LogP contribution < -0.4 is 5.32 Å². The Labute approximate surface area is 118 Å². The number of aryl methyl sites for hydroxylation is 2. The second-order valence-electron chi connectivity index (χ2n) is 6.56. The van der Waals surface area contributed by atoms with Crippen molar-refractivity contribution in [3.8, 4) is 0 Å². The molecule has 1 atom stereocenters. The predicted molar refractivity (Wildman–Crippen MR) is 81.6 cm³/mol. The lowest BCUT2D eigenvalue weighted by atomic mass is 9.93. The molecule has 108 valence electrons. The zero-order valence-corrected chi connectivity index (χ0v) is 13.6. The molecule has 0 aliphatic carbocycles. The average Bonchev–Trinajstić information content (AvgIpc) is 2.29. The van der Waals surface area contributed by atoms with Gasteiger partial charge in [-0.2, -0.15) is 0 Å². The number of hydrogen-bond acceptors (Lipinski definition) is 3. The van der Waals surface area contributed by atoms with Gasteiger partial charge in [0.05, 0.1) is 0 Å². The highest BCUT2D eigenvalue weighted by Crippen LogP contribution is 2.22. The van der Waals surface area contributed by atoms with E-state index in [0.717, 1.165) is 36.7 Å². The first kappa shape index (κ1) is 16.1. The van der Waals surface area contributed by atoms with Crippen LogP contribution in [0.3, 0.4) is 0 Å². The van der Waals surface area contributed by atoms with Crippen LogP contribution in [0, 0.1) is 19.8 Å². The van der Waals surface area contributed by atoms with Crippen molar-refractivity contribution < 1.29 is 0 Å². The maximum absolute atomic E-state index is 4.71. The van der Waals surface area contributed by atoms with Crippen molar-refractivity contribution in [2.24, 2.45) is 5.92 Å². The molecule has 0 aliphatic heterocycles. The van der Waals surface area contributed by atoms with E-state index in [1.54, 1.807) is 0 Å². The highest BCUT2D eigenvalue weighted by molar-refractivity contribution is 5.26. The highest BCUT2D eigenvalue weighted by atomic mass is 14.9. The van der Waals surface area contributed by atoms with Gasteiger partial charge in [-0.05, 0) is 44.8 Å². The van der Waals surface area contributed by atoms with Crippen LogP contribution >= 0.6 is 0 Å². The number of nitrogens with one attached hydrogen (secondary N) is 1. The van der Waals surface area contributed by atoms with Crippen LogP contribution in [0.4, 0.5) is 0 Å². The van der Waals surface area contributed by atoms with E-state index in [1.165, 1.54) is 5.56 Å². The summed E-state index contributed by atoms with van der Waals surface area (Å²) in [6.07, 6.45) is 1.05. The lowest BCUT2D eigenvalue weighted by Gasteiger charge is -2.21. The van der Waals surface area contributed by atoms with Gasteiger partial charge in [-0.1, -0.05) is 34.6 Å². The summed E-state index contributed by atoms with van der Waals surface area (Å²) in [4.78, 5) is 9.41. The Balaban J connectivity index is 2.92. The molecule has 0 saturated heterocycles. The largest absolute Gasteiger partial charge is 0.317 e. The van der Waals surface area contributed by atoms with Gasteiger partial charge < -0.3 is 5.32 Å². The fourth-order valence-corrected chi connectivity index (χ4v) is 2.18. The zero-order valence-electron chi connectivity index (χ0n) is 13.6. The quantitative estimate of drug-likeness (QED) is 0.886. The summed E-state index contributed by atoms with van der Waals surface area (Å²) in [5.74, 6) is 1.56. The molecule has 3 heteroatoms. The molecule has 0 fully saturated rings. The summed E-state index contributed by atoms with van der Waals surface area (Å²) in [6.45, 7) is 17.2. The second-order valence-corrected chi connectivity index (χ2v) is 6.56. The van der Waals surface area contributed by atoms with E-state index in [-0.39, 0.29) is 5.41 Å². The molecule has 1 aromatic heterocycles. The topological polar surface area (TPSA) is 37.8 Å².